The zero-order chi connectivity index (χ0) is 21.5. The van der Waals surface area contributed by atoms with Crippen molar-refractivity contribution in [3.63, 3.8) is 0 Å². The molecule has 33 heavy (non-hydrogen) atoms. The van der Waals surface area contributed by atoms with E-state index in [-0.39, 0.29) is 30.9 Å². The van der Waals surface area contributed by atoms with Crippen molar-refractivity contribution in [2.45, 2.75) is 18.5 Å². The fraction of sp³-hybridized carbons (Fsp3) is 0.200. The number of hydrogen-bond acceptors (Lipinski definition) is 5. The van der Waals surface area contributed by atoms with Gasteiger partial charge in [-0.05, 0) is 41.3 Å². The summed E-state index contributed by atoms with van der Waals surface area (Å²) in [5.41, 5.74) is 4.96. The minimum Gasteiger partial charge on any atom is -0.366 e. The van der Waals surface area contributed by atoms with Crippen molar-refractivity contribution in [3.05, 3.63) is 102 Å². The molecule has 0 radical (unpaired) electrons. The predicted octanol–water partition coefficient (Wildman–Crippen LogP) is 4.72. The first-order valence-electron chi connectivity index (χ1n) is 10.4. The zero-order valence-electron chi connectivity index (χ0n) is 18.0. The Morgan fingerprint density at radius 3 is 2.18 bits per heavy atom. The topological polar surface area (TPSA) is 77.5 Å². The van der Waals surface area contributed by atoms with Gasteiger partial charge < -0.3 is 5.32 Å². The smallest absolute Gasteiger partial charge is 0.267 e. The van der Waals surface area contributed by atoms with Gasteiger partial charge in [0.25, 0.3) is 5.91 Å². The highest BCUT2D eigenvalue weighted by atomic mass is 35.5. The lowest BCUT2D eigenvalue weighted by Crippen LogP contribution is -2.30. The molecule has 1 amide bonds. The van der Waals surface area contributed by atoms with Crippen LogP contribution in [-0.4, -0.2) is 40.1 Å². The summed E-state index contributed by atoms with van der Waals surface area (Å²) in [5.74, 6) is 0.242. The van der Waals surface area contributed by atoms with Gasteiger partial charge in [-0.2, -0.15) is 0 Å². The van der Waals surface area contributed by atoms with Gasteiger partial charge in [0.2, 0.25) is 0 Å². The van der Waals surface area contributed by atoms with Crippen molar-refractivity contribution in [2.24, 2.45) is 0 Å². The molecule has 1 aliphatic rings. The van der Waals surface area contributed by atoms with Crippen molar-refractivity contribution < 1.29 is 10.0 Å². The summed E-state index contributed by atoms with van der Waals surface area (Å²) >= 11 is 0. The van der Waals surface area contributed by atoms with E-state index in [4.69, 9.17) is 5.21 Å². The number of nitrogens with one attached hydrogen (secondary N) is 2. The summed E-state index contributed by atoms with van der Waals surface area (Å²) in [6, 6.07) is 25.6. The second kappa shape index (κ2) is 13.0. The fourth-order valence-corrected chi connectivity index (χ4v) is 4.03. The van der Waals surface area contributed by atoms with Crippen LogP contribution >= 0.6 is 24.8 Å². The molecule has 174 valence electrons. The molecule has 1 aromatic heterocycles. The van der Waals surface area contributed by atoms with E-state index in [0.717, 1.165) is 30.9 Å². The molecule has 6 nitrogen and oxygen atoms in total. The van der Waals surface area contributed by atoms with Crippen LogP contribution in [0.2, 0.25) is 0 Å². The summed E-state index contributed by atoms with van der Waals surface area (Å²) < 4.78 is 0. The van der Waals surface area contributed by atoms with Crippen molar-refractivity contribution in [2.75, 3.05) is 18.4 Å². The van der Waals surface area contributed by atoms with Gasteiger partial charge in [-0.25, -0.2) is 10.5 Å². The van der Waals surface area contributed by atoms with Crippen molar-refractivity contribution in [3.8, 4) is 0 Å². The van der Waals surface area contributed by atoms with Crippen molar-refractivity contribution in [1.29, 1.82) is 0 Å². The average molecular weight is 487 g/mol. The van der Waals surface area contributed by atoms with Gasteiger partial charge >= 0.3 is 0 Å². The minimum absolute atomic E-state index is 0. The maximum absolute atomic E-state index is 11.1. The first-order chi connectivity index (χ1) is 15.2. The molecule has 0 saturated carbocycles. The van der Waals surface area contributed by atoms with Crippen molar-refractivity contribution in [1.82, 2.24) is 15.4 Å². The van der Waals surface area contributed by atoms with Gasteiger partial charge in [0, 0.05) is 31.4 Å². The number of hydroxylamine groups is 1. The molecule has 1 fully saturated rings. The zero-order valence-corrected chi connectivity index (χ0v) is 19.6. The number of carbonyl (C=O) groups is 1. The van der Waals surface area contributed by atoms with Gasteiger partial charge in [0.05, 0.1) is 6.04 Å². The SMILES string of the molecule is Cl.Cl.O=C(/C=C/c1ccc(N[C@@H]2CCN(C(c3ccccc3)c3ccccc3)C2)nc1)NO. The average Bonchev–Trinajstić information content (AvgIpc) is 3.27. The monoisotopic (exact) mass is 486 g/mol. The van der Waals surface area contributed by atoms with Gasteiger partial charge in [0.15, 0.2) is 0 Å². The van der Waals surface area contributed by atoms with E-state index in [0.29, 0.717) is 6.04 Å². The maximum Gasteiger partial charge on any atom is 0.267 e. The Morgan fingerprint density at radius 1 is 1.00 bits per heavy atom. The molecule has 0 bridgehead atoms. The Morgan fingerprint density at radius 2 is 1.64 bits per heavy atom. The van der Waals surface area contributed by atoms with Crippen LogP contribution in [0.1, 0.15) is 29.2 Å². The van der Waals surface area contributed by atoms with E-state index in [1.54, 1.807) is 17.8 Å². The third-order valence-corrected chi connectivity index (χ3v) is 5.49. The molecule has 2 aromatic carbocycles. The molecule has 0 unspecified atom stereocenters. The summed E-state index contributed by atoms with van der Waals surface area (Å²) in [6.45, 7) is 1.93. The van der Waals surface area contributed by atoms with Crippen LogP contribution in [0.4, 0.5) is 5.82 Å². The second-order valence-electron chi connectivity index (χ2n) is 7.63. The van der Waals surface area contributed by atoms with E-state index in [9.17, 15) is 4.79 Å². The van der Waals surface area contributed by atoms with Crippen LogP contribution in [-0.2, 0) is 4.79 Å². The largest absolute Gasteiger partial charge is 0.366 e. The summed E-state index contributed by atoms with van der Waals surface area (Å²) in [5, 5.41) is 12.1. The Kier molecular flexibility index (Phi) is 10.4. The highest BCUT2D eigenvalue weighted by Gasteiger charge is 2.30. The molecule has 1 atom stereocenters. The number of halogens is 2. The van der Waals surface area contributed by atoms with E-state index >= 15 is 0 Å². The number of hydrogen-bond donors (Lipinski definition) is 3. The number of benzene rings is 2. The second-order valence-corrected chi connectivity index (χ2v) is 7.63. The van der Waals surface area contributed by atoms with Crippen LogP contribution < -0.4 is 10.8 Å². The summed E-state index contributed by atoms with van der Waals surface area (Å²) in [4.78, 5) is 18.1. The molecule has 0 aliphatic carbocycles. The number of pyridine rings is 1. The highest BCUT2D eigenvalue weighted by Crippen LogP contribution is 2.32. The molecule has 8 heteroatoms. The van der Waals surface area contributed by atoms with Crippen LogP contribution in [0.3, 0.4) is 0 Å². The Bertz CT molecular complexity index is 978. The number of aromatic nitrogens is 1. The number of carbonyl (C=O) groups excluding carboxylic acids is 1. The van der Waals surface area contributed by atoms with Crippen molar-refractivity contribution >= 4 is 42.6 Å². The molecule has 2 heterocycles. The minimum atomic E-state index is -0.570. The predicted molar refractivity (Wildman–Crippen MR) is 136 cm³/mol. The standard InChI is InChI=1S/C25H26N4O2.2ClH/c30-24(28-31)14-12-19-11-13-23(26-17-19)27-22-15-16-29(18-22)25(20-7-3-1-4-8-20)21-9-5-2-6-10-21;;/h1-14,17,22,25,31H,15-16,18H2,(H,26,27)(H,28,30);2*1H/b14-12+;;/t22-;;/m1../s1. The lowest BCUT2D eigenvalue weighted by atomic mass is 9.97. The normalized spacial score (nSPS) is 15.6. The van der Waals surface area contributed by atoms with E-state index < -0.39 is 5.91 Å². The van der Waals surface area contributed by atoms with Gasteiger partial charge in [-0.3, -0.25) is 14.9 Å². The number of anilines is 1. The molecule has 4 rings (SSSR count). The number of amides is 1. The number of rotatable bonds is 7. The first-order valence-corrected chi connectivity index (χ1v) is 10.4. The third kappa shape index (κ3) is 7.04. The molecular weight excluding hydrogens is 459 g/mol. The van der Waals surface area contributed by atoms with E-state index in [2.05, 4.69) is 75.9 Å². The molecule has 1 aliphatic heterocycles. The molecule has 3 aromatic rings. The molecule has 0 spiro atoms. The van der Waals surface area contributed by atoms with Crippen LogP contribution in [0.25, 0.3) is 6.08 Å². The van der Waals surface area contributed by atoms with Gasteiger partial charge in [-0.15, -0.1) is 24.8 Å². The third-order valence-electron chi connectivity index (χ3n) is 5.49. The molecule has 1 saturated heterocycles. The quantitative estimate of drug-likeness (QED) is 0.256. The van der Waals surface area contributed by atoms with Gasteiger partial charge in [0.1, 0.15) is 5.82 Å². The summed E-state index contributed by atoms with van der Waals surface area (Å²) in [6.07, 6.45) is 5.60. The highest BCUT2D eigenvalue weighted by molar-refractivity contribution is 5.90. The van der Waals surface area contributed by atoms with Crippen LogP contribution in [0, 0.1) is 0 Å². The van der Waals surface area contributed by atoms with E-state index in [1.165, 1.54) is 17.2 Å². The van der Waals surface area contributed by atoms with E-state index in [1.807, 2.05) is 12.1 Å². The number of nitrogens with zero attached hydrogens (tertiary/aromatic N) is 2. The Balaban J connectivity index is 0.00000193. The maximum atomic E-state index is 11.1. The van der Waals surface area contributed by atoms with Crippen LogP contribution in [0.5, 0.6) is 0 Å². The van der Waals surface area contributed by atoms with Crippen LogP contribution in [0.15, 0.2) is 85.1 Å². The Hall–Kier alpha value is -2.90. The number of likely N-dealkylation sites (tertiary alicyclic amines) is 1. The Labute approximate surface area is 206 Å². The lowest BCUT2D eigenvalue weighted by Gasteiger charge is -2.29. The fourth-order valence-electron chi connectivity index (χ4n) is 4.03. The first kappa shape index (κ1) is 26.4. The van der Waals surface area contributed by atoms with Gasteiger partial charge in [-0.1, -0.05) is 60.7 Å². The lowest BCUT2D eigenvalue weighted by molar-refractivity contribution is -0.124. The molecule has 3 N–H and O–H groups in total. The summed E-state index contributed by atoms with van der Waals surface area (Å²) in [7, 11) is 0. The molecular formula is C25H28Cl2N4O2.